The van der Waals surface area contributed by atoms with Crippen molar-refractivity contribution in [3.05, 3.63) is 40.9 Å². The number of hydrogen-bond acceptors (Lipinski definition) is 4. The van der Waals surface area contributed by atoms with Gasteiger partial charge in [0.05, 0.1) is 24.2 Å². The molecule has 0 radical (unpaired) electrons. The molecule has 1 aliphatic rings. The van der Waals surface area contributed by atoms with Crippen LogP contribution in [0.3, 0.4) is 0 Å². The highest BCUT2D eigenvalue weighted by Crippen LogP contribution is 2.38. The summed E-state index contributed by atoms with van der Waals surface area (Å²) in [6.07, 6.45) is 2.22. The van der Waals surface area contributed by atoms with Crippen LogP contribution in [0.2, 0.25) is 0 Å². The summed E-state index contributed by atoms with van der Waals surface area (Å²) in [5.74, 6) is -0.0217. The molecular formula is C18H26BNO4. The number of hydrogen-bond donors (Lipinski definition) is 2. The van der Waals surface area contributed by atoms with Crippen molar-refractivity contribution in [1.82, 2.24) is 5.32 Å². The molecule has 0 atom stereocenters. The lowest BCUT2D eigenvalue weighted by Gasteiger charge is -2.32. The summed E-state index contributed by atoms with van der Waals surface area (Å²) in [5, 5.41) is 12.3. The molecule has 24 heavy (non-hydrogen) atoms. The highest BCUT2D eigenvalue weighted by Gasteiger charge is 2.52. The van der Waals surface area contributed by atoms with Crippen molar-refractivity contribution in [2.24, 2.45) is 0 Å². The average molecular weight is 331 g/mol. The van der Waals surface area contributed by atoms with Gasteiger partial charge in [0, 0.05) is 7.05 Å². The van der Waals surface area contributed by atoms with Crippen molar-refractivity contribution >= 4 is 19.1 Å². The quantitative estimate of drug-likeness (QED) is 0.810. The Labute approximate surface area is 144 Å². The van der Waals surface area contributed by atoms with E-state index in [0.717, 1.165) is 11.1 Å². The van der Waals surface area contributed by atoms with Crippen molar-refractivity contribution < 1.29 is 19.2 Å². The first kappa shape index (κ1) is 18.7. The van der Waals surface area contributed by atoms with Gasteiger partial charge in [-0.2, -0.15) is 0 Å². The Kier molecular flexibility index (Phi) is 5.53. The third-order valence-corrected chi connectivity index (χ3v) is 4.71. The molecule has 2 N–H and O–H groups in total. The minimum absolute atomic E-state index is 0.0217. The normalized spacial score (nSPS) is 19.4. The van der Waals surface area contributed by atoms with Gasteiger partial charge in [0.25, 0.3) is 0 Å². The van der Waals surface area contributed by atoms with Crippen LogP contribution in [-0.2, 0) is 20.5 Å². The van der Waals surface area contributed by atoms with E-state index in [9.17, 15) is 9.90 Å². The highest BCUT2D eigenvalue weighted by molar-refractivity contribution is 6.55. The molecule has 0 aromatic heterocycles. The number of aliphatic hydroxyl groups is 1. The molecule has 130 valence electrons. The lowest BCUT2D eigenvalue weighted by atomic mass is 9.77. The van der Waals surface area contributed by atoms with Crippen LogP contribution in [0, 0.1) is 0 Å². The molecule has 1 heterocycles. The number of benzene rings is 1. The van der Waals surface area contributed by atoms with E-state index in [4.69, 9.17) is 9.31 Å². The minimum Gasteiger partial charge on any atom is -0.400 e. The first-order chi connectivity index (χ1) is 11.2. The third-order valence-electron chi connectivity index (χ3n) is 4.71. The van der Waals surface area contributed by atoms with Gasteiger partial charge in [0.15, 0.2) is 0 Å². The molecule has 1 saturated heterocycles. The summed E-state index contributed by atoms with van der Waals surface area (Å²) in [6, 6.07) is 7.64. The lowest BCUT2D eigenvalue weighted by Crippen LogP contribution is -2.41. The van der Waals surface area contributed by atoms with Crippen molar-refractivity contribution in [3.63, 3.8) is 0 Å². The average Bonchev–Trinajstić information content (AvgIpc) is 2.74. The summed E-state index contributed by atoms with van der Waals surface area (Å²) in [6.45, 7) is 7.78. The molecule has 0 spiro atoms. The van der Waals surface area contributed by atoms with Gasteiger partial charge in [0.2, 0.25) is 5.91 Å². The van der Waals surface area contributed by atoms with Crippen LogP contribution in [0.5, 0.6) is 0 Å². The predicted octanol–water partition coefficient (Wildman–Crippen LogP) is 1.98. The van der Waals surface area contributed by atoms with Gasteiger partial charge in [0.1, 0.15) is 0 Å². The van der Waals surface area contributed by atoms with Gasteiger partial charge in [-0.1, -0.05) is 30.3 Å². The summed E-state index contributed by atoms with van der Waals surface area (Å²) < 4.78 is 12.0. The zero-order valence-electron chi connectivity index (χ0n) is 15.1. The number of rotatable bonds is 5. The molecule has 2 rings (SSSR count). The fourth-order valence-electron chi connectivity index (χ4n) is 2.40. The molecular weight excluding hydrogens is 305 g/mol. The van der Waals surface area contributed by atoms with Crippen LogP contribution in [0.15, 0.2) is 29.7 Å². The third kappa shape index (κ3) is 4.07. The van der Waals surface area contributed by atoms with Gasteiger partial charge in [-0.3, -0.25) is 4.79 Å². The van der Waals surface area contributed by atoms with E-state index >= 15 is 0 Å². The molecule has 1 aliphatic heterocycles. The highest BCUT2D eigenvalue weighted by atomic mass is 16.7. The molecule has 1 aromatic carbocycles. The van der Waals surface area contributed by atoms with E-state index in [1.165, 1.54) is 0 Å². The van der Waals surface area contributed by atoms with E-state index in [1.54, 1.807) is 7.05 Å². The zero-order chi connectivity index (χ0) is 18.0. The second kappa shape index (κ2) is 7.09. The Bertz CT molecular complexity index is 606. The van der Waals surface area contributed by atoms with E-state index in [2.05, 4.69) is 5.32 Å². The lowest BCUT2D eigenvalue weighted by molar-refractivity contribution is -0.119. The summed E-state index contributed by atoms with van der Waals surface area (Å²) in [7, 11) is 1.06. The molecule has 5 nitrogen and oxygen atoms in total. The number of nitrogens with one attached hydrogen (secondary N) is 1. The Hall–Kier alpha value is -1.63. The number of amides is 1. The van der Waals surface area contributed by atoms with Crippen molar-refractivity contribution in [1.29, 1.82) is 0 Å². The zero-order valence-corrected chi connectivity index (χ0v) is 15.1. The van der Waals surface area contributed by atoms with Crippen LogP contribution in [0.4, 0.5) is 0 Å². The summed E-state index contributed by atoms with van der Waals surface area (Å²) in [4.78, 5) is 11.4. The summed E-state index contributed by atoms with van der Waals surface area (Å²) >= 11 is 0. The Morgan fingerprint density at radius 3 is 2.17 bits per heavy atom. The Morgan fingerprint density at radius 2 is 1.71 bits per heavy atom. The van der Waals surface area contributed by atoms with Crippen LogP contribution in [0.1, 0.15) is 38.8 Å². The first-order valence-corrected chi connectivity index (χ1v) is 8.15. The predicted molar refractivity (Wildman–Crippen MR) is 95.4 cm³/mol. The largest absolute Gasteiger partial charge is 0.492 e. The van der Waals surface area contributed by atoms with E-state index < -0.39 is 18.3 Å². The minimum atomic E-state index is -0.564. The van der Waals surface area contributed by atoms with E-state index in [1.807, 2.05) is 58.0 Å². The molecule has 0 bridgehead atoms. The van der Waals surface area contributed by atoms with Crippen molar-refractivity contribution in [3.8, 4) is 0 Å². The van der Waals surface area contributed by atoms with Crippen LogP contribution in [0.25, 0.3) is 6.08 Å². The standard InChI is InChI=1S/C18H26BNO4/c1-17(2)18(3,4)24-19(23-17)15(12-21)10-13-6-8-14(9-7-13)11-16(22)20-5/h6-10,21H,11-12H2,1-5H3,(H,20,22). The first-order valence-electron chi connectivity index (χ1n) is 8.15. The molecule has 0 unspecified atom stereocenters. The van der Waals surface area contributed by atoms with Crippen molar-refractivity contribution in [2.75, 3.05) is 13.7 Å². The van der Waals surface area contributed by atoms with Gasteiger partial charge < -0.3 is 19.7 Å². The van der Waals surface area contributed by atoms with Gasteiger partial charge in [-0.15, -0.1) is 0 Å². The molecule has 1 amide bonds. The number of carbonyl (C=O) groups is 1. The smallest absolute Gasteiger partial charge is 0.400 e. The number of aliphatic hydroxyl groups excluding tert-OH is 1. The number of likely N-dealkylation sites (N-methyl/N-ethyl adjacent to an activating group) is 1. The van der Waals surface area contributed by atoms with E-state index in [0.29, 0.717) is 11.9 Å². The topological polar surface area (TPSA) is 67.8 Å². The monoisotopic (exact) mass is 331 g/mol. The van der Waals surface area contributed by atoms with Gasteiger partial charge >= 0.3 is 7.12 Å². The van der Waals surface area contributed by atoms with Crippen molar-refractivity contribution in [2.45, 2.75) is 45.3 Å². The maximum absolute atomic E-state index is 11.4. The maximum atomic E-state index is 11.4. The molecule has 1 fully saturated rings. The Morgan fingerprint density at radius 1 is 1.17 bits per heavy atom. The van der Waals surface area contributed by atoms with Gasteiger partial charge in [-0.25, -0.2) is 0 Å². The second-order valence-corrected chi connectivity index (χ2v) is 7.06. The fraction of sp³-hybridized carbons (Fsp3) is 0.500. The SMILES string of the molecule is CNC(=O)Cc1ccc(C=C(CO)B2OC(C)(C)C(C)(C)O2)cc1. The molecule has 1 aromatic rings. The molecule has 0 saturated carbocycles. The number of carbonyl (C=O) groups excluding carboxylic acids is 1. The fourth-order valence-corrected chi connectivity index (χ4v) is 2.40. The van der Waals surface area contributed by atoms with Crippen LogP contribution >= 0.6 is 0 Å². The van der Waals surface area contributed by atoms with Crippen LogP contribution < -0.4 is 5.32 Å². The summed E-state index contributed by atoms with van der Waals surface area (Å²) in [5.41, 5.74) is 1.65. The molecule has 0 aliphatic carbocycles. The van der Waals surface area contributed by atoms with Crippen LogP contribution in [-0.4, -0.2) is 43.0 Å². The van der Waals surface area contributed by atoms with E-state index in [-0.39, 0.29) is 12.5 Å². The van der Waals surface area contributed by atoms with Gasteiger partial charge in [-0.05, 0) is 44.3 Å². The molecule has 6 heteroatoms. The Balaban J connectivity index is 2.15. The second-order valence-electron chi connectivity index (χ2n) is 7.06. The maximum Gasteiger partial charge on any atom is 0.492 e.